The van der Waals surface area contributed by atoms with Crippen molar-refractivity contribution in [3.05, 3.63) is 0 Å². The Kier molecular flexibility index (Phi) is 8.89. The highest BCUT2D eigenvalue weighted by molar-refractivity contribution is 4.97. The van der Waals surface area contributed by atoms with Gasteiger partial charge in [-0.15, -0.1) is 0 Å². The van der Waals surface area contributed by atoms with E-state index in [-0.39, 0.29) is 0 Å². The first-order valence-electron chi connectivity index (χ1n) is 7.89. The van der Waals surface area contributed by atoms with Gasteiger partial charge in [0, 0.05) is 11.6 Å². The van der Waals surface area contributed by atoms with Gasteiger partial charge in [-0.2, -0.15) is 0 Å². The normalized spacial score (nSPS) is 16.0. The second kappa shape index (κ2) is 8.92. The second-order valence-corrected chi connectivity index (χ2v) is 5.96. The summed E-state index contributed by atoms with van der Waals surface area (Å²) in [5.41, 5.74) is 0.304. The largest absolute Gasteiger partial charge is 0.312 e. The van der Waals surface area contributed by atoms with Gasteiger partial charge in [-0.3, -0.25) is 0 Å². The van der Waals surface area contributed by atoms with Gasteiger partial charge < -0.3 is 10.2 Å². The fraction of sp³-hybridized carbons (Fsp3) is 1.00. The Balaban J connectivity index is 4.96. The summed E-state index contributed by atoms with van der Waals surface area (Å²) in [5, 5.41) is 3.82. The Morgan fingerprint density at radius 2 is 1.61 bits per heavy atom. The van der Waals surface area contributed by atoms with Crippen molar-refractivity contribution in [3.63, 3.8) is 0 Å². The summed E-state index contributed by atoms with van der Waals surface area (Å²) in [4.78, 5) is 2.45. The lowest BCUT2D eigenvalue weighted by atomic mass is 9.78. The lowest BCUT2D eigenvalue weighted by molar-refractivity contribution is 0.0766. The molecule has 0 amide bonds. The number of rotatable bonds is 10. The predicted molar refractivity (Wildman–Crippen MR) is 83.2 cm³/mol. The van der Waals surface area contributed by atoms with Crippen LogP contribution >= 0.6 is 0 Å². The van der Waals surface area contributed by atoms with Gasteiger partial charge in [0.15, 0.2) is 0 Å². The lowest BCUT2D eigenvalue weighted by Gasteiger charge is -2.46. The van der Waals surface area contributed by atoms with Crippen LogP contribution in [-0.4, -0.2) is 37.1 Å². The monoisotopic (exact) mass is 256 g/mol. The molecule has 0 radical (unpaired) electrons. The first-order chi connectivity index (χ1) is 8.48. The van der Waals surface area contributed by atoms with E-state index < -0.39 is 0 Å². The zero-order valence-corrected chi connectivity index (χ0v) is 13.8. The molecule has 2 nitrogen and oxygen atoms in total. The van der Waals surface area contributed by atoms with Crippen molar-refractivity contribution in [2.24, 2.45) is 5.92 Å². The average Bonchev–Trinajstić information content (AvgIpc) is 2.36. The molecule has 0 rings (SSSR count). The van der Waals surface area contributed by atoms with E-state index in [2.05, 4.69) is 58.9 Å². The molecular weight excluding hydrogens is 220 g/mol. The molecule has 0 aliphatic carbocycles. The summed E-state index contributed by atoms with van der Waals surface area (Å²) in [6, 6.07) is 0.609. The fourth-order valence-corrected chi connectivity index (χ4v) is 3.07. The van der Waals surface area contributed by atoms with E-state index in [9.17, 15) is 0 Å². The second-order valence-electron chi connectivity index (χ2n) is 5.96. The van der Waals surface area contributed by atoms with E-state index in [1.807, 2.05) is 0 Å². The van der Waals surface area contributed by atoms with Crippen LogP contribution < -0.4 is 5.32 Å². The summed E-state index contributed by atoms with van der Waals surface area (Å²) >= 11 is 0. The molecule has 0 bridgehead atoms. The van der Waals surface area contributed by atoms with E-state index in [1.165, 1.54) is 32.1 Å². The van der Waals surface area contributed by atoms with Crippen molar-refractivity contribution >= 4 is 0 Å². The van der Waals surface area contributed by atoms with Crippen molar-refractivity contribution in [2.75, 3.05) is 20.6 Å². The number of hydrogen-bond donors (Lipinski definition) is 1. The predicted octanol–water partition coefficient (Wildman–Crippen LogP) is 3.91. The molecule has 1 N–H and O–H groups in total. The molecule has 110 valence electrons. The number of nitrogens with one attached hydrogen (secondary N) is 1. The molecule has 18 heavy (non-hydrogen) atoms. The molecule has 0 spiro atoms. The van der Waals surface area contributed by atoms with Crippen LogP contribution in [0.2, 0.25) is 0 Å². The van der Waals surface area contributed by atoms with Gasteiger partial charge in [0.05, 0.1) is 0 Å². The smallest absolute Gasteiger partial charge is 0.0351 e. The van der Waals surface area contributed by atoms with Crippen LogP contribution in [0.1, 0.15) is 66.7 Å². The summed E-state index contributed by atoms with van der Waals surface area (Å²) in [6.07, 6.45) is 6.22. The maximum absolute atomic E-state index is 3.82. The fourth-order valence-electron chi connectivity index (χ4n) is 3.07. The topological polar surface area (TPSA) is 15.3 Å². The van der Waals surface area contributed by atoms with Gasteiger partial charge >= 0.3 is 0 Å². The van der Waals surface area contributed by atoms with Crippen LogP contribution in [0.25, 0.3) is 0 Å². The Hall–Kier alpha value is -0.0800. The molecule has 2 atom stereocenters. The van der Waals surface area contributed by atoms with Crippen LogP contribution in [-0.2, 0) is 0 Å². The highest BCUT2D eigenvalue weighted by Crippen LogP contribution is 2.30. The molecule has 0 aliphatic rings. The van der Waals surface area contributed by atoms with Crippen LogP contribution in [0.3, 0.4) is 0 Å². The zero-order valence-electron chi connectivity index (χ0n) is 13.8. The van der Waals surface area contributed by atoms with Crippen LogP contribution in [0.4, 0.5) is 0 Å². The summed E-state index contributed by atoms with van der Waals surface area (Å²) in [5.74, 6) is 0.803. The van der Waals surface area contributed by atoms with Crippen molar-refractivity contribution < 1.29 is 0 Å². The third kappa shape index (κ3) is 4.55. The third-order valence-electron chi connectivity index (χ3n) is 4.74. The zero-order chi connectivity index (χ0) is 14.2. The number of likely N-dealkylation sites (N-methyl/N-ethyl adjacent to an activating group) is 1. The van der Waals surface area contributed by atoms with Gasteiger partial charge in [0.1, 0.15) is 0 Å². The average molecular weight is 256 g/mol. The number of hydrogen-bond acceptors (Lipinski definition) is 2. The van der Waals surface area contributed by atoms with Gasteiger partial charge in [-0.05, 0) is 52.2 Å². The van der Waals surface area contributed by atoms with Crippen molar-refractivity contribution in [1.29, 1.82) is 0 Å². The Morgan fingerprint density at radius 3 is 1.94 bits per heavy atom. The molecule has 0 fully saturated rings. The minimum atomic E-state index is 0.304. The minimum absolute atomic E-state index is 0.304. The number of nitrogens with zero attached hydrogens (tertiary/aromatic N) is 1. The van der Waals surface area contributed by atoms with E-state index in [0.29, 0.717) is 11.6 Å². The molecule has 0 aromatic heterocycles. The van der Waals surface area contributed by atoms with Crippen LogP contribution in [0.5, 0.6) is 0 Å². The van der Waals surface area contributed by atoms with Crippen LogP contribution in [0.15, 0.2) is 0 Å². The highest BCUT2D eigenvalue weighted by Gasteiger charge is 2.37. The van der Waals surface area contributed by atoms with Crippen LogP contribution in [0, 0.1) is 5.92 Å². The SMILES string of the molecule is CCCNC(CC(C)CC)C(CC)(CC)N(C)C. The van der Waals surface area contributed by atoms with Gasteiger partial charge in [-0.25, -0.2) is 0 Å². The van der Waals surface area contributed by atoms with E-state index in [4.69, 9.17) is 0 Å². The lowest BCUT2D eigenvalue weighted by Crippen LogP contribution is -2.59. The van der Waals surface area contributed by atoms with Crippen molar-refractivity contribution in [3.8, 4) is 0 Å². The molecule has 0 aromatic rings. The maximum Gasteiger partial charge on any atom is 0.0351 e. The molecule has 2 heteroatoms. The Labute approximate surface area is 116 Å². The molecule has 0 aromatic carbocycles. The first-order valence-corrected chi connectivity index (χ1v) is 7.89. The van der Waals surface area contributed by atoms with Gasteiger partial charge in [0.25, 0.3) is 0 Å². The van der Waals surface area contributed by atoms with E-state index >= 15 is 0 Å². The first kappa shape index (κ1) is 17.9. The van der Waals surface area contributed by atoms with Gasteiger partial charge in [-0.1, -0.05) is 41.0 Å². The molecule has 2 unspecified atom stereocenters. The summed E-state index contributed by atoms with van der Waals surface area (Å²) < 4.78 is 0. The molecule has 0 aliphatic heterocycles. The van der Waals surface area contributed by atoms with Gasteiger partial charge in [0.2, 0.25) is 0 Å². The van der Waals surface area contributed by atoms with Crippen molar-refractivity contribution in [1.82, 2.24) is 10.2 Å². The van der Waals surface area contributed by atoms with Crippen molar-refractivity contribution in [2.45, 2.75) is 78.3 Å². The van der Waals surface area contributed by atoms with E-state index in [0.717, 1.165) is 12.5 Å². The summed E-state index contributed by atoms with van der Waals surface area (Å²) in [6.45, 7) is 12.7. The molecule has 0 saturated heterocycles. The Bertz CT molecular complexity index is 197. The minimum Gasteiger partial charge on any atom is -0.312 e. The van der Waals surface area contributed by atoms with E-state index in [1.54, 1.807) is 0 Å². The quantitative estimate of drug-likeness (QED) is 0.637. The molecule has 0 heterocycles. The third-order valence-corrected chi connectivity index (χ3v) is 4.74. The summed E-state index contributed by atoms with van der Waals surface area (Å²) in [7, 11) is 4.48. The standard InChI is InChI=1S/C16H36N2/c1-8-12-17-15(13-14(5)9-2)16(10-3,11-4)18(6)7/h14-15,17H,8-13H2,1-7H3. The maximum atomic E-state index is 3.82. The highest BCUT2D eigenvalue weighted by atomic mass is 15.2. The molecular formula is C16H36N2. The molecule has 0 saturated carbocycles. The Morgan fingerprint density at radius 1 is 1.06 bits per heavy atom.